The van der Waals surface area contributed by atoms with Gasteiger partial charge in [0.2, 0.25) is 0 Å². The number of esters is 1. The number of fused-ring (bicyclic) bond motifs is 2. The van der Waals surface area contributed by atoms with E-state index >= 15 is 0 Å². The van der Waals surface area contributed by atoms with E-state index in [0.29, 0.717) is 26.4 Å². The Morgan fingerprint density at radius 2 is 2.03 bits per heavy atom. The number of aromatic nitrogens is 2. The van der Waals surface area contributed by atoms with Crippen molar-refractivity contribution in [3.63, 3.8) is 0 Å². The number of furan rings is 1. The number of ether oxygens (including phenoxy) is 1. The molecule has 2 amide bonds. The lowest BCUT2D eigenvalue weighted by Crippen LogP contribution is -2.43. The van der Waals surface area contributed by atoms with Gasteiger partial charge in [-0.2, -0.15) is 0 Å². The summed E-state index contributed by atoms with van der Waals surface area (Å²) in [6.07, 6.45) is 1.49. The number of rotatable bonds is 6. The molecule has 0 saturated heterocycles. The molecule has 0 radical (unpaired) electrons. The Morgan fingerprint density at radius 3 is 2.74 bits per heavy atom. The number of carbonyl (C=O) groups excluding carboxylic acids is 3. The quantitative estimate of drug-likeness (QED) is 0.183. The monoisotopic (exact) mass is 494 g/mol. The van der Waals surface area contributed by atoms with Gasteiger partial charge >= 0.3 is 5.97 Å². The van der Waals surface area contributed by atoms with Gasteiger partial charge in [-0.25, -0.2) is 9.78 Å². The van der Waals surface area contributed by atoms with Gasteiger partial charge in [-0.15, -0.1) is 11.3 Å². The molecule has 1 aromatic carbocycles. The van der Waals surface area contributed by atoms with Crippen molar-refractivity contribution >= 4 is 45.0 Å². The van der Waals surface area contributed by atoms with E-state index in [9.17, 15) is 29.3 Å². The minimum Gasteiger partial charge on any atom is -0.464 e. The van der Waals surface area contributed by atoms with Crippen LogP contribution in [0.25, 0.3) is 21.5 Å². The van der Waals surface area contributed by atoms with Crippen LogP contribution in [0, 0.1) is 10.1 Å². The van der Waals surface area contributed by atoms with Gasteiger partial charge in [0.25, 0.3) is 23.1 Å². The predicted octanol–water partition coefficient (Wildman–Crippen LogP) is 2.88. The van der Waals surface area contributed by atoms with Crippen molar-refractivity contribution in [1.29, 1.82) is 0 Å². The number of hydrogen-bond acceptors (Lipinski definition) is 10. The van der Waals surface area contributed by atoms with Gasteiger partial charge < -0.3 is 14.1 Å². The van der Waals surface area contributed by atoms with Gasteiger partial charge in [0.05, 0.1) is 22.1 Å². The van der Waals surface area contributed by atoms with Gasteiger partial charge in [-0.05, 0) is 25.1 Å². The lowest BCUT2D eigenvalue weighted by molar-refractivity contribution is -0.385. The molecular formula is C22H14N4O8S. The summed E-state index contributed by atoms with van der Waals surface area (Å²) < 4.78 is 10.5. The molecule has 1 aliphatic heterocycles. The number of H-pyrrole nitrogens is 1. The Balaban J connectivity index is 1.34. The summed E-state index contributed by atoms with van der Waals surface area (Å²) in [5.41, 5.74) is -0.923. The van der Waals surface area contributed by atoms with E-state index in [1.165, 1.54) is 36.7 Å². The van der Waals surface area contributed by atoms with Crippen molar-refractivity contribution in [3.8, 4) is 11.3 Å². The molecule has 1 N–H and O–H groups in total. The van der Waals surface area contributed by atoms with Gasteiger partial charge in [0.15, 0.2) is 0 Å². The summed E-state index contributed by atoms with van der Waals surface area (Å²) in [7, 11) is 0. The fourth-order valence-corrected chi connectivity index (χ4v) is 4.78. The fraction of sp³-hybridized carbons (Fsp3) is 0.136. The van der Waals surface area contributed by atoms with E-state index in [1.54, 1.807) is 17.5 Å². The molecule has 12 nitrogen and oxygen atoms in total. The SMILES string of the molecule is C[C@H](C(=O)OCc1nc2scc(-c3ccco3)c2c(=O)[nH]1)N1C(=O)c2cccc([N+](=O)[O-])c2C1=O. The molecule has 0 aliphatic carbocycles. The van der Waals surface area contributed by atoms with Crippen molar-refractivity contribution in [2.75, 3.05) is 0 Å². The normalized spacial score (nSPS) is 13.8. The molecule has 176 valence electrons. The summed E-state index contributed by atoms with van der Waals surface area (Å²) in [5.74, 6) is -2.17. The average Bonchev–Trinajstić information content (AvgIpc) is 3.56. The first-order chi connectivity index (χ1) is 16.8. The van der Waals surface area contributed by atoms with Crippen LogP contribution < -0.4 is 5.56 Å². The molecule has 0 bridgehead atoms. The first-order valence-electron chi connectivity index (χ1n) is 10.1. The van der Waals surface area contributed by atoms with Crippen molar-refractivity contribution in [2.24, 2.45) is 0 Å². The summed E-state index contributed by atoms with van der Waals surface area (Å²) >= 11 is 1.21. The third kappa shape index (κ3) is 3.58. The minimum absolute atomic E-state index is 0.0638. The summed E-state index contributed by atoms with van der Waals surface area (Å²) in [5, 5.41) is 13.3. The number of imide groups is 1. The maximum atomic E-state index is 12.8. The maximum Gasteiger partial charge on any atom is 0.329 e. The summed E-state index contributed by atoms with van der Waals surface area (Å²) in [6.45, 7) is 0.843. The Kier molecular flexibility index (Phi) is 5.25. The number of nitro groups is 1. The number of hydrogen-bond donors (Lipinski definition) is 1. The number of carbonyl (C=O) groups is 3. The number of aromatic amines is 1. The summed E-state index contributed by atoms with van der Waals surface area (Å²) in [6, 6.07) is 5.71. The standard InChI is InChI=1S/C22H14N4O8S/c1-10(25-20(28)11-4-2-5-13(26(31)32)16(11)21(25)29)22(30)34-8-15-23-18(27)17-12(9-35-19(17)24-15)14-6-3-7-33-14/h2-7,9-10H,8H2,1H3,(H,23,24,27)/t10-/m1/s1. The lowest BCUT2D eigenvalue weighted by Gasteiger charge is -2.20. The van der Waals surface area contributed by atoms with Crippen LogP contribution in [0.2, 0.25) is 0 Å². The van der Waals surface area contributed by atoms with Crippen molar-refractivity contribution in [1.82, 2.24) is 14.9 Å². The number of thiophene rings is 1. The largest absolute Gasteiger partial charge is 0.464 e. The van der Waals surface area contributed by atoms with Gasteiger partial charge in [-0.1, -0.05) is 6.07 Å². The summed E-state index contributed by atoms with van der Waals surface area (Å²) in [4.78, 5) is 69.1. The number of amides is 2. The molecule has 1 atom stereocenters. The third-order valence-corrected chi connectivity index (χ3v) is 6.35. The van der Waals surface area contributed by atoms with Crippen LogP contribution in [0.4, 0.5) is 5.69 Å². The van der Waals surface area contributed by atoms with Gasteiger partial charge in [-0.3, -0.25) is 29.4 Å². The number of nitro benzene ring substituents is 1. The van der Waals surface area contributed by atoms with E-state index < -0.39 is 46.6 Å². The van der Waals surface area contributed by atoms with Gasteiger partial charge in [0.1, 0.15) is 34.6 Å². The second-order valence-electron chi connectivity index (χ2n) is 7.54. The molecule has 0 spiro atoms. The van der Waals surface area contributed by atoms with Crippen LogP contribution in [-0.2, 0) is 16.1 Å². The zero-order chi connectivity index (χ0) is 24.9. The van der Waals surface area contributed by atoms with Crippen molar-refractivity contribution in [2.45, 2.75) is 19.6 Å². The zero-order valence-electron chi connectivity index (χ0n) is 17.8. The van der Waals surface area contributed by atoms with E-state index in [1.807, 2.05) is 0 Å². The van der Waals surface area contributed by atoms with Crippen LogP contribution in [0.3, 0.4) is 0 Å². The molecule has 1 aliphatic rings. The number of nitrogens with one attached hydrogen (secondary N) is 1. The van der Waals surface area contributed by atoms with Crippen LogP contribution in [-0.4, -0.2) is 43.6 Å². The van der Waals surface area contributed by atoms with E-state index in [2.05, 4.69) is 9.97 Å². The highest BCUT2D eigenvalue weighted by Gasteiger charge is 2.45. The number of benzene rings is 1. The van der Waals surface area contributed by atoms with Crippen LogP contribution in [0.15, 0.2) is 51.2 Å². The average molecular weight is 494 g/mol. The molecule has 0 saturated carbocycles. The molecule has 5 rings (SSSR count). The Hall–Kier alpha value is -4.65. The number of nitrogens with zero attached hydrogens (tertiary/aromatic N) is 3. The molecule has 0 unspecified atom stereocenters. The Bertz CT molecular complexity index is 1590. The van der Waals surface area contributed by atoms with Crippen molar-refractivity contribution < 1.29 is 28.5 Å². The smallest absolute Gasteiger partial charge is 0.329 e. The molecule has 3 aromatic heterocycles. The van der Waals surface area contributed by atoms with Crippen LogP contribution in [0.5, 0.6) is 0 Å². The first-order valence-corrected chi connectivity index (χ1v) is 11.0. The second-order valence-corrected chi connectivity index (χ2v) is 8.40. The Labute approximate surface area is 198 Å². The molecule has 0 fully saturated rings. The van der Waals surface area contributed by atoms with Gasteiger partial charge in [0, 0.05) is 17.0 Å². The first kappa shape index (κ1) is 22.2. The zero-order valence-corrected chi connectivity index (χ0v) is 18.7. The third-order valence-electron chi connectivity index (χ3n) is 5.48. The minimum atomic E-state index is -1.37. The van der Waals surface area contributed by atoms with E-state index in [-0.39, 0.29) is 17.0 Å². The molecule has 4 heterocycles. The molecule has 13 heteroatoms. The predicted molar refractivity (Wildman–Crippen MR) is 121 cm³/mol. The molecular weight excluding hydrogens is 480 g/mol. The highest BCUT2D eigenvalue weighted by Crippen LogP contribution is 2.33. The lowest BCUT2D eigenvalue weighted by atomic mass is 10.1. The molecule has 4 aromatic rings. The van der Waals surface area contributed by atoms with Crippen LogP contribution >= 0.6 is 11.3 Å². The maximum absolute atomic E-state index is 12.8. The highest BCUT2D eigenvalue weighted by atomic mass is 32.1. The van der Waals surface area contributed by atoms with E-state index in [4.69, 9.17) is 9.15 Å². The highest BCUT2D eigenvalue weighted by molar-refractivity contribution is 7.17. The molecule has 35 heavy (non-hydrogen) atoms. The second kappa shape index (κ2) is 8.29. The Morgan fingerprint density at radius 1 is 1.23 bits per heavy atom. The van der Waals surface area contributed by atoms with Crippen molar-refractivity contribution in [3.05, 3.63) is 79.4 Å². The van der Waals surface area contributed by atoms with Crippen LogP contribution in [0.1, 0.15) is 33.5 Å². The fourth-order valence-electron chi connectivity index (χ4n) is 3.83. The van der Waals surface area contributed by atoms with E-state index in [0.717, 1.165) is 6.07 Å². The topological polar surface area (TPSA) is 166 Å².